The monoisotopic (exact) mass is 596 g/mol. The number of carbonyl (C=O) groups excluding carboxylic acids is 1. The van der Waals surface area contributed by atoms with Crippen molar-refractivity contribution < 1.29 is 4.79 Å². The number of hydrogen-bond donors (Lipinski definition) is 1. The van der Waals surface area contributed by atoms with Gasteiger partial charge in [0.1, 0.15) is 0 Å². The first kappa shape index (κ1) is 28.2. The van der Waals surface area contributed by atoms with Gasteiger partial charge in [-0.15, -0.1) is 0 Å². The number of amidine groups is 1. The summed E-state index contributed by atoms with van der Waals surface area (Å²) in [6.45, 7) is 2.34. The third kappa shape index (κ3) is 6.44. The van der Waals surface area contributed by atoms with E-state index in [1.54, 1.807) is 0 Å². The molecule has 1 aliphatic carbocycles. The van der Waals surface area contributed by atoms with E-state index in [0.717, 1.165) is 53.2 Å². The largest absolute Gasteiger partial charge is 0.348 e. The van der Waals surface area contributed by atoms with E-state index >= 15 is 0 Å². The normalized spacial score (nSPS) is 16.1. The zero-order valence-electron chi connectivity index (χ0n) is 23.0. The summed E-state index contributed by atoms with van der Waals surface area (Å²) in [5, 5.41) is 3.38. The molecule has 212 valence electrons. The Bertz CT molecular complexity index is 1640. The highest BCUT2D eigenvalue weighted by atomic mass is 35.5. The Morgan fingerprint density at radius 1 is 0.952 bits per heavy atom. The van der Waals surface area contributed by atoms with Gasteiger partial charge in [0.25, 0.3) is 5.91 Å². The molecule has 2 aliphatic rings. The maximum atomic E-state index is 12.8. The van der Waals surface area contributed by atoms with Gasteiger partial charge in [-0.3, -0.25) is 24.7 Å². The van der Waals surface area contributed by atoms with Crippen LogP contribution in [0.25, 0.3) is 0 Å². The van der Waals surface area contributed by atoms with E-state index in [9.17, 15) is 4.79 Å². The van der Waals surface area contributed by atoms with E-state index in [1.807, 2.05) is 54.7 Å². The van der Waals surface area contributed by atoms with Gasteiger partial charge >= 0.3 is 0 Å². The number of nitrogens with zero attached hydrogens (tertiary/aromatic N) is 5. The number of hydrogen-bond acceptors (Lipinski definition) is 6. The average Bonchev–Trinajstić information content (AvgIpc) is 3.49. The highest BCUT2D eigenvalue weighted by Crippen LogP contribution is 2.34. The number of rotatable bonds is 9. The molecule has 0 fully saturated rings. The van der Waals surface area contributed by atoms with Gasteiger partial charge in [-0.2, -0.15) is 0 Å². The molecule has 2 aromatic heterocycles. The number of carbonyl (C=O) groups is 1. The average molecular weight is 598 g/mol. The Morgan fingerprint density at radius 2 is 1.76 bits per heavy atom. The highest BCUT2D eigenvalue weighted by Gasteiger charge is 2.29. The molecule has 1 N–H and O–H groups in total. The van der Waals surface area contributed by atoms with Crippen LogP contribution in [0.4, 0.5) is 0 Å². The molecule has 1 aliphatic heterocycles. The Kier molecular flexibility index (Phi) is 8.70. The van der Waals surface area contributed by atoms with Gasteiger partial charge in [0, 0.05) is 43.8 Å². The summed E-state index contributed by atoms with van der Waals surface area (Å²) in [7, 11) is 0. The molecule has 0 spiro atoms. The van der Waals surface area contributed by atoms with Gasteiger partial charge in [-0.05, 0) is 42.0 Å². The quantitative estimate of drug-likeness (QED) is 0.239. The lowest BCUT2D eigenvalue weighted by Crippen LogP contribution is -2.36. The lowest BCUT2D eigenvalue weighted by atomic mass is 9.90. The van der Waals surface area contributed by atoms with Crippen molar-refractivity contribution in [2.75, 3.05) is 13.1 Å². The van der Waals surface area contributed by atoms with Crippen LogP contribution < -0.4 is 5.32 Å². The predicted molar refractivity (Wildman–Crippen MR) is 167 cm³/mol. The molecule has 1 unspecified atom stereocenters. The SMILES string of the molecule is O=C(NCc1cccc(CN(CC2=NC(c3ccccc3)=NC2)C2CCCc3cccnc32)c1)c1c(Cl)cncc1Cl. The van der Waals surface area contributed by atoms with Crippen LogP contribution in [0.5, 0.6) is 0 Å². The minimum atomic E-state index is -0.335. The van der Waals surface area contributed by atoms with Crippen molar-refractivity contribution in [1.29, 1.82) is 0 Å². The van der Waals surface area contributed by atoms with Crippen molar-refractivity contribution in [2.24, 2.45) is 9.98 Å². The number of fused-ring (bicyclic) bond motifs is 1. The van der Waals surface area contributed by atoms with E-state index in [1.165, 1.54) is 18.0 Å². The van der Waals surface area contributed by atoms with E-state index < -0.39 is 0 Å². The Labute approximate surface area is 255 Å². The van der Waals surface area contributed by atoms with Crippen LogP contribution >= 0.6 is 23.2 Å². The molecule has 4 aromatic rings. The van der Waals surface area contributed by atoms with Crippen molar-refractivity contribution >= 4 is 40.7 Å². The zero-order chi connectivity index (χ0) is 28.9. The van der Waals surface area contributed by atoms with Crippen LogP contribution in [0.1, 0.15) is 57.2 Å². The highest BCUT2D eigenvalue weighted by molar-refractivity contribution is 6.39. The van der Waals surface area contributed by atoms with Crippen LogP contribution in [-0.2, 0) is 19.5 Å². The molecule has 0 radical (unpaired) electrons. The molecule has 1 amide bonds. The first-order valence-electron chi connectivity index (χ1n) is 14.0. The van der Waals surface area contributed by atoms with Crippen LogP contribution in [0.3, 0.4) is 0 Å². The Balaban J connectivity index is 1.21. The first-order chi connectivity index (χ1) is 20.5. The molecule has 9 heteroatoms. The second-order valence-electron chi connectivity index (χ2n) is 10.5. The number of aliphatic imine (C=N–C) groups is 2. The van der Waals surface area contributed by atoms with Crippen molar-refractivity contribution in [3.05, 3.63) is 129 Å². The van der Waals surface area contributed by atoms with Gasteiger partial charge in [-0.25, -0.2) is 4.99 Å². The molecule has 2 aromatic carbocycles. The number of nitrogens with one attached hydrogen (secondary N) is 1. The van der Waals surface area contributed by atoms with Crippen LogP contribution in [0, 0.1) is 0 Å². The molecule has 0 saturated carbocycles. The predicted octanol–water partition coefficient (Wildman–Crippen LogP) is 6.49. The lowest BCUT2D eigenvalue weighted by molar-refractivity contribution is 0.0951. The Hall–Kier alpha value is -3.91. The number of aryl methyl sites for hydroxylation is 1. The van der Waals surface area contributed by atoms with Crippen molar-refractivity contribution in [3.63, 3.8) is 0 Å². The number of benzene rings is 2. The van der Waals surface area contributed by atoms with Gasteiger partial charge in [0.15, 0.2) is 5.84 Å². The maximum Gasteiger partial charge on any atom is 0.254 e. The first-order valence-corrected chi connectivity index (χ1v) is 14.8. The van der Waals surface area contributed by atoms with E-state index in [0.29, 0.717) is 26.2 Å². The van der Waals surface area contributed by atoms with Crippen LogP contribution in [-0.4, -0.2) is 45.4 Å². The van der Waals surface area contributed by atoms with Gasteiger partial charge < -0.3 is 5.32 Å². The second-order valence-corrected chi connectivity index (χ2v) is 11.3. The fourth-order valence-electron chi connectivity index (χ4n) is 5.64. The standard InChI is InChI=1S/C33H30Cl2N6O/c34-27-18-36-19-28(35)30(27)33(42)39-16-22-7-4-8-23(15-22)20-41(29-13-5-11-24-12-6-14-37-31(24)29)21-26-17-38-32(40-26)25-9-2-1-3-10-25/h1-4,6-10,12,14-15,18-19,29H,5,11,13,16-17,20-21H2,(H,39,42). The van der Waals surface area contributed by atoms with E-state index in [4.69, 9.17) is 38.2 Å². The minimum Gasteiger partial charge on any atom is -0.348 e. The fourth-order valence-corrected chi connectivity index (χ4v) is 6.17. The summed E-state index contributed by atoms with van der Waals surface area (Å²) in [6, 6.07) is 22.8. The summed E-state index contributed by atoms with van der Waals surface area (Å²) < 4.78 is 0. The van der Waals surface area contributed by atoms with E-state index in [2.05, 4.69) is 33.4 Å². The van der Waals surface area contributed by atoms with Gasteiger partial charge in [0.2, 0.25) is 0 Å². The lowest BCUT2D eigenvalue weighted by Gasteiger charge is -2.35. The molecule has 1 atom stereocenters. The molecule has 0 bridgehead atoms. The molecule has 42 heavy (non-hydrogen) atoms. The van der Waals surface area contributed by atoms with Crippen molar-refractivity contribution in [1.82, 2.24) is 20.2 Å². The van der Waals surface area contributed by atoms with Gasteiger partial charge in [-0.1, -0.05) is 83.9 Å². The number of aromatic nitrogens is 2. The summed E-state index contributed by atoms with van der Waals surface area (Å²) in [5.74, 6) is 0.456. The molecule has 0 saturated heterocycles. The summed E-state index contributed by atoms with van der Waals surface area (Å²) in [6.07, 6.45) is 7.92. The number of amides is 1. The molecule has 3 heterocycles. The third-order valence-electron chi connectivity index (χ3n) is 7.61. The zero-order valence-corrected chi connectivity index (χ0v) is 24.5. The molecule has 7 nitrogen and oxygen atoms in total. The minimum absolute atomic E-state index is 0.178. The molecule has 6 rings (SSSR count). The smallest absolute Gasteiger partial charge is 0.254 e. The third-order valence-corrected chi connectivity index (χ3v) is 8.18. The van der Waals surface area contributed by atoms with E-state index in [-0.39, 0.29) is 27.6 Å². The Morgan fingerprint density at radius 3 is 2.60 bits per heavy atom. The maximum absolute atomic E-state index is 12.8. The second kappa shape index (κ2) is 12.9. The van der Waals surface area contributed by atoms with Crippen molar-refractivity contribution in [2.45, 2.75) is 38.4 Å². The summed E-state index contributed by atoms with van der Waals surface area (Å²) in [4.78, 5) is 33.7. The summed E-state index contributed by atoms with van der Waals surface area (Å²) in [5.41, 5.74) is 6.91. The van der Waals surface area contributed by atoms with Gasteiger partial charge in [0.05, 0.1) is 39.6 Å². The molecular weight excluding hydrogens is 567 g/mol. The number of halogens is 2. The molecular formula is C33H30Cl2N6O. The van der Waals surface area contributed by atoms with Crippen LogP contribution in [0.15, 0.2) is 95.3 Å². The van der Waals surface area contributed by atoms with Crippen LogP contribution in [0.2, 0.25) is 10.0 Å². The summed E-state index contributed by atoms with van der Waals surface area (Å²) >= 11 is 12.4. The number of pyridine rings is 2. The fraction of sp³-hybridized carbons (Fsp3) is 0.242. The topological polar surface area (TPSA) is 82.8 Å². The van der Waals surface area contributed by atoms with Crippen molar-refractivity contribution in [3.8, 4) is 0 Å².